The van der Waals surface area contributed by atoms with Crippen LogP contribution in [0.15, 0.2) is 12.3 Å². The summed E-state index contributed by atoms with van der Waals surface area (Å²) in [4.78, 5) is 3.99. The monoisotopic (exact) mass is 166 g/mol. The molecular weight excluding hydrogens is 152 g/mol. The number of rotatable bonds is 2. The van der Waals surface area contributed by atoms with Gasteiger partial charge in [-0.2, -0.15) is 0 Å². The summed E-state index contributed by atoms with van der Waals surface area (Å²) in [6.45, 7) is 2.32. The molecule has 0 aliphatic heterocycles. The van der Waals surface area contributed by atoms with Gasteiger partial charge in [0.25, 0.3) is 0 Å². The molecule has 12 heavy (non-hydrogen) atoms. The Labute approximate surface area is 71.8 Å². The van der Waals surface area contributed by atoms with Crippen molar-refractivity contribution in [3.63, 3.8) is 0 Å². The number of aryl methyl sites for hydroxylation is 1. The van der Waals surface area contributed by atoms with Crippen molar-refractivity contribution >= 4 is 5.82 Å². The maximum absolute atomic E-state index is 5.71. The van der Waals surface area contributed by atoms with Crippen LogP contribution in [-0.2, 0) is 0 Å². The molecule has 0 amide bonds. The Balaban J connectivity index is 2.96. The second-order valence-corrected chi connectivity index (χ2v) is 2.81. The zero-order valence-electron chi connectivity index (χ0n) is 7.12. The van der Waals surface area contributed by atoms with Crippen LogP contribution in [0.1, 0.15) is 17.2 Å². The molecule has 1 aromatic heterocycles. The number of nitrogens with two attached hydrogens (primary N) is 3. The lowest BCUT2D eigenvalue weighted by Gasteiger charge is -2.09. The Bertz CT molecular complexity index is 272. The van der Waals surface area contributed by atoms with Crippen molar-refractivity contribution in [1.29, 1.82) is 0 Å². The summed E-state index contributed by atoms with van der Waals surface area (Å²) in [7, 11) is 0. The van der Waals surface area contributed by atoms with Crippen molar-refractivity contribution in [3.8, 4) is 0 Å². The number of nitrogens with zero attached hydrogens (tertiary/aromatic N) is 1. The third-order valence-corrected chi connectivity index (χ3v) is 1.82. The normalized spacial score (nSPS) is 12.9. The highest BCUT2D eigenvalue weighted by Crippen LogP contribution is 2.13. The number of aromatic nitrogens is 1. The van der Waals surface area contributed by atoms with Crippen molar-refractivity contribution in [1.82, 2.24) is 4.98 Å². The average Bonchev–Trinajstić information content (AvgIpc) is 2.08. The summed E-state index contributed by atoms with van der Waals surface area (Å²) in [5.41, 5.74) is 18.5. The third kappa shape index (κ3) is 1.72. The van der Waals surface area contributed by atoms with Gasteiger partial charge in [0.2, 0.25) is 0 Å². The Morgan fingerprint density at radius 3 is 2.75 bits per heavy atom. The van der Waals surface area contributed by atoms with Gasteiger partial charge >= 0.3 is 0 Å². The number of nitrogen functional groups attached to an aromatic ring is 1. The van der Waals surface area contributed by atoms with E-state index < -0.39 is 0 Å². The molecule has 66 valence electrons. The Kier molecular flexibility index (Phi) is 2.62. The first kappa shape index (κ1) is 8.96. The van der Waals surface area contributed by atoms with Crippen molar-refractivity contribution in [3.05, 3.63) is 23.4 Å². The number of pyridine rings is 1. The topological polar surface area (TPSA) is 91.0 Å². The Morgan fingerprint density at radius 2 is 2.25 bits per heavy atom. The van der Waals surface area contributed by atoms with Crippen LogP contribution >= 0.6 is 0 Å². The quantitative estimate of drug-likeness (QED) is 0.573. The van der Waals surface area contributed by atoms with Gasteiger partial charge in [-0.25, -0.2) is 4.98 Å². The highest BCUT2D eigenvalue weighted by molar-refractivity contribution is 5.40. The Morgan fingerprint density at radius 1 is 1.58 bits per heavy atom. The van der Waals surface area contributed by atoms with Gasteiger partial charge in [0.05, 0.1) is 0 Å². The summed E-state index contributed by atoms with van der Waals surface area (Å²) in [5, 5.41) is 0. The first-order valence-electron chi connectivity index (χ1n) is 3.83. The van der Waals surface area contributed by atoms with Gasteiger partial charge in [-0.05, 0) is 24.1 Å². The maximum Gasteiger partial charge on any atom is 0.126 e. The summed E-state index contributed by atoms with van der Waals surface area (Å²) in [6, 6.07) is 1.77. The van der Waals surface area contributed by atoms with Gasteiger partial charge in [-0.15, -0.1) is 0 Å². The van der Waals surface area contributed by atoms with E-state index in [-0.39, 0.29) is 6.04 Å². The minimum atomic E-state index is -0.142. The molecule has 1 unspecified atom stereocenters. The summed E-state index contributed by atoms with van der Waals surface area (Å²) in [5.74, 6) is 0.544. The zero-order chi connectivity index (χ0) is 9.14. The van der Waals surface area contributed by atoms with Gasteiger partial charge in [-0.1, -0.05) is 0 Å². The minimum Gasteiger partial charge on any atom is -0.383 e. The van der Waals surface area contributed by atoms with Crippen LogP contribution in [0.3, 0.4) is 0 Å². The van der Waals surface area contributed by atoms with Gasteiger partial charge in [0.1, 0.15) is 5.82 Å². The number of anilines is 1. The molecule has 0 aliphatic carbocycles. The minimum absolute atomic E-state index is 0.142. The van der Waals surface area contributed by atoms with Crippen LogP contribution in [-0.4, -0.2) is 11.5 Å². The summed E-state index contributed by atoms with van der Waals surface area (Å²) in [6.07, 6.45) is 1.67. The van der Waals surface area contributed by atoms with E-state index in [4.69, 9.17) is 17.2 Å². The van der Waals surface area contributed by atoms with Crippen LogP contribution in [0.25, 0.3) is 0 Å². The van der Waals surface area contributed by atoms with Crippen molar-refractivity contribution in [2.24, 2.45) is 11.5 Å². The highest BCUT2D eigenvalue weighted by atomic mass is 14.8. The van der Waals surface area contributed by atoms with Crippen LogP contribution in [0.4, 0.5) is 5.82 Å². The van der Waals surface area contributed by atoms with E-state index in [2.05, 4.69) is 4.98 Å². The molecule has 1 heterocycles. The number of hydrogen-bond acceptors (Lipinski definition) is 4. The zero-order valence-corrected chi connectivity index (χ0v) is 7.12. The van der Waals surface area contributed by atoms with Crippen LogP contribution in [0.5, 0.6) is 0 Å². The van der Waals surface area contributed by atoms with Crippen LogP contribution in [0.2, 0.25) is 0 Å². The van der Waals surface area contributed by atoms with Crippen molar-refractivity contribution < 1.29 is 0 Å². The molecule has 4 nitrogen and oxygen atoms in total. The number of hydrogen-bond donors (Lipinski definition) is 3. The second-order valence-electron chi connectivity index (χ2n) is 2.81. The molecular formula is C8H14N4. The Hall–Kier alpha value is -1.13. The van der Waals surface area contributed by atoms with Gasteiger partial charge in [0, 0.05) is 18.8 Å². The smallest absolute Gasteiger partial charge is 0.126 e. The average molecular weight is 166 g/mol. The second kappa shape index (κ2) is 3.51. The van der Waals surface area contributed by atoms with E-state index >= 15 is 0 Å². The van der Waals surface area contributed by atoms with Gasteiger partial charge in [-0.3, -0.25) is 0 Å². The van der Waals surface area contributed by atoms with Gasteiger partial charge < -0.3 is 17.2 Å². The molecule has 0 aliphatic rings. The van der Waals surface area contributed by atoms with E-state index in [1.807, 2.05) is 13.0 Å². The standard InChI is InChI=1S/C8H14N4/c1-5-2-6(7(10)3-9)4-12-8(5)11/h2,4,7H,3,9-10H2,1H3,(H2,11,12). The molecule has 1 rings (SSSR count). The predicted octanol–water partition coefficient (Wildman–Crippen LogP) is -0.0693. The lowest BCUT2D eigenvalue weighted by Crippen LogP contribution is -2.21. The molecule has 0 bridgehead atoms. The lowest BCUT2D eigenvalue weighted by molar-refractivity contribution is 0.732. The van der Waals surface area contributed by atoms with E-state index in [1.165, 1.54) is 0 Å². The van der Waals surface area contributed by atoms with E-state index in [9.17, 15) is 0 Å². The molecule has 0 aromatic carbocycles. The molecule has 4 heteroatoms. The SMILES string of the molecule is Cc1cc(C(N)CN)cnc1N. The van der Waals surface area contributed by atoms with Crippen LogP contribution < -0.4 is 17.2 Å². The van der Waals surface area contributed by atoms with Crippen LogP contribution in [0, 0.1) is 6.92 Å². The molecule has 1 atom stereocenters. The summed E-state index contributed by atoms with van der Waals surface area (Å²) >= 11 is 0. The van der Waals surface area contributed by atoms with Crippen molar-refractivity contribution in [2.75, 3.05) is 12.3 Å². The lowest BCUT2D eigenvalue weighted by atomic mass is 10.1. The molecule has 0 saturated carbocycles. The fraction of sp³-hybridized carbons (Fsp3) is 0.375. The molecule has 0 fully saturated rings. The summed E-state index contributed by atoms with van der Waals surface area (Å²) < 4.78 is 0. The first-order chi connectivity index (χ1) is 5.65. The largest absolute Gasteiger partial charge is 0.383 e. The fourth-order valence-corrected chi connectivity index (χ4v) is 0.946. The molecule has 1 aromatic rings. The van der Waals surface area contributed by atoms with E-state index in [1.54, 1.807) is 6.20 Å². The molecule has 0 saturated heterocycles. The molecule has 6 N–H and O–H groups in total. The third-order valence-electron chi connectivity index (χ3n) is 1.82. The predicted molar refractivity (Wildman–Crippen MR) is 49.4 cm³/mol. The van der Waals surface area contributed by atoms with E-state index in [0.29, 0.717) is 12.4 Å². The maximum atomic E-state index is 5.71. The fourth-order valence-electron chi connectivity index (χ4n) is 0.946. The van der Waals surface area contributed by atoms with Crippen molar-refractivity contribution in [2.45, 2.75) is 13.0 Å². The first-order valence-corrected chi connectivity index (χ1v) is 3.83. The molecule has 0 radical (unpaired) electrons. The highest BCUT2D eigenvalue weighted by Gasteiger charge is 2.04. The van der Waals surface area contributed by atoms with E-state index in [0.717, 1.165) is 11.1 Å². The van der Waals surface area contributed by atoms with Gasteiger partial charge in [0.15, 0.2) is 0 Å². The molecule has 0 spiro atoms.